The quantitative estimate of drug-likeness (QED) is 0.357. The average Bonchev–Trinajstić information content (AvgIpc) is 3.19. The molecular weight excluding hydrogens is 365 g/mol. The van der Waals surface area contributed by atoms with Crippen molar-refractivity contribution < 1.29 is 19.2 Å². The van der Waals surface area contributed by atoms with E-state index in [9.17, 15) is 19.2 Å². The molecule has 1 atom stereocenters. The van der Waals surface area contributed by atoms with Crippen molar-refractivity contribution in [1.29, 1.82) is 0 Å². The summed E-state index contributed by atoms with van der Waals surface area (Å²) in [7, 11) is 1.74. The number of aryl methyl sites for hydroxylation is 1. The minimum atomic E-state index is -0.556. The lowest BCUT2D eigenvalue weighted by atomic mass is 9.92. The van der Waals surface area contributed by atoms with Crippen LogP contribution in [0.25, 0.3) is 0 Å². The number of halogens is 1. The number of rotatable bonds is 10. The molecule has 0 aliphatic heterocycles. The smallest absolute Gasteiger partial charge is 0.233 e. The fourth-order valence-electron chi connectivity index (χ4n) is 3.62. The number of anilines is 1. The second-order valence-corrected chi connectivity index (χ2v) is 7.40. The third-order valence-corrected chi connectivity index (χ3v) is 5.27. The van der Waals surface area contributed by atoms with Gasteiger partial charge in [-0.1, -0.05) is 25.7 Å². The average molecular weight is 395 g/mol. The number of aromatic nitrogens is 2. The predicted molar refractivity (Wildman–Crippen MR) is 102 cm³/mol. The van der Waals surface area contributed by atoms with Gasteiger partial charge in [0.15, 0.2) is 11.6 Å². The van der Waals surface area contributed by atoms with E-state index >= 15 is 0 Å². The Hall–Kier alpha value is -2.29. The molecule has 2 amide bonds. The van der Waals surface area contributed by atoms with Gasteiger partial charge in [0.25, 0.3) is 0 Å². The zero-order valence-electron chi connectivity index (χ0n) is 16.8. The molecule has 0 radical (unpaired) electrons. The summed E-state index contributed by atoms with van der Waals surface area (Å²) in [5.41, 5.74) is 0.118. The van der Waals surface area contributed by atoms with Gasteiger partial charge in [-0.25, -0.2) is 19.4 Å². The van der Waals surface area contributed by atoms with Gasteiger partial charge in [-0.3, -0.25) is 14.8 Å². The monoisotopic (exact) mass is 395 g/mol. The summed E-state index contributed by atoms with van der Waals surface area (Å²) in [6.07, 6.45) is 5.23. The van der Waals surface area contributed by atoms with Crippen molar-refractivity contribution in [1.82, 2.24) is 20.3 Å². The Bertz CT molecular complexity index is 682. The molecule has 1 aliphatic rings. The van der Waals surface area contributed by atoms with E-state index in [0.717, 1.165) is 25.7 Å². The van der Waals surface area contributed by atoms with E-state index < -0.39 is 11.7 Å². The third kappa shape index (κ3) is 5.85. The topological polar surface area (TPSA) is 98.7 Å². The highest BCUT2D eigenvalue weighted by Gasteiger charge is 2.27. The molecule has 0 bridgehead atoms. The minimum Gasteiger partial charge on any atom is -0.357 e. The molecule has 1 aliphatic carbocycles. The largest absolute Gasteiger partial charge is 0.357 e. The van der Waals surface area contributed by atoms with E-state index in [1.165, 1.54) is 0 Å². The van der Waals surface area contributed by atoms with E-state index in [2.05, 4.69) is 15.3 Å². The molecule has 1 heterocycles. The zero-order chi connectivity index (χ0) is 20.7. The zero-order valence-corrected chi connectivity index (χ0v) is 16.8. The molecule has 2 N–H and O–H groups in total. The standard InChI is InChI=1S/C19H30FN5O3/c1-4-24(3)18-17(20)16(22-13(2)23-18)10-21-19(27)15(11-25(28)12-26)9-14-7-5-6-8-14/h12,14-15,28H,4-11H2,1-3H3,(H,21,27)/t15-/m1/s1. The first kappa shape index (κ1) is 22.0. The molecule has 0 unspecified atom stereocenters. The number of carbonyl (C=O) groups is 2. The van der Waals surface area contributed by atoms with E-state index in [-0.39, 0.29) is 36.9 Å². The number of hydroxylamine groups is 2. The van der Waals surface area contributed by atoms with Gasteiger partial charge in [-0.2, -0.15) is 0 Å². The van der Waals surface area contributed by atoms with Crippen LogP contribution < -0.4 is 10.2 Å². The molecule has 0 spiro atoms. The van der Waals surface area contributed by atoms with Crippen LogP contribution in [0.2, 0.25) is 0 Å². The van der Waals surface area contributed by atoms with Gasteiger partial charge in [0, 0.05) is 13.6 Å². The van der Waals surface area contributed by atoms with Gasteiger partial charge in [-0.05, 0) is 26.2 Å². The second kappa shape index (κ2) is 10.3. The van der Waals surface area contributed by atoms with Crippen molar-refractivity contribution in [2.75, 3.05) is 25.0 Å². The Morgan fingerprint density at radius 1 is 1.39 bits per heavy atom. The van der Waals surface area contributed by atoms with Gasteiger partial charge < -0.3 is 10.2 Å². The van der Waals surface area contributed by atoms with E-state index in [1.807, 2.05) is 6.92 Å². The molecule has 0 aromatic carbocycles. The summed E-state index contributed by atoms with van der Waals surface area (Å²) in [5.74, 6) is -0.413. The summed E-state index contributed by atoms with van der Waals surface area (Å²) >= 11 is 0. The first-order valence-corrected chi connectivity index (χ1v) is 9.78. The summed E-state index contributed by atoms with van der Waals surface area (Å²) in [6.45, 7) is 3.99. The maximum Gasteiger partial charge on any atom is 0.233 e. The van der Waals surface area contributed by atoms with Crippen LogP contribution in [0.5, 0.6) is 0 Å². The number of amides is 2. The molecular formula is C19H30FN5O3. The Kier molecular flexibility index (Phi) is 8.10. The molecule has 1 fully saturated rings. The summed E-state index contributed by atoms with van der Waals surface area (Å²) < 4.78 is 14.7. The van der Waals surface area contributed by atoms with Crippen LogP contribution in [0, 0.1) is 24.6 Å². The minimum absolute atomic E-state index is 0.0771. The maximum absolute atomic E-state index is 14.7. The first-order chi connectivity index (χ1) is 13.3. The first-order valence-electron chi connectivity index (χ1n) is 9.78. The number of nitrogens with one attached hydrogen (secondary N) is 1. The molecule has 1 aromatic rings. The summed E-state index contributed by atoms with van der Waals surface area (Å²) in [4.78, 5) is 33.4. The summed E-state index contributed by atoms with van der Waals surface area (Å²) in [5, 5.41) is 12.7. The van der Waals surface area contributed by atoms with Crippen LogP contribution in [0.3, 0.4) is 0 Å². The highest BCUT2D eigenvalue weighted by molar-refractivity contribution is 5.79. The third-order valence-electron chi connectivity index (χ3n) is 5.27. The van der Waals surface area contributed by atoms with Crippen LogP contribution >= 0.6 is 0 Å². The van der Waals surface area contributed by atoms with Gasteiger partial charge in [0.05, 0.1) is 19.0 Å². The van der Waals surface area contributed by atoms with Crippen molar-refractivity contribution in [2.24, 2.45) is 11.8 Å². The van der Waals surface area contributed by atoms with Gasteiger partial charge in [0.2, 0.25) is 12.3 Å². The van der Waals surface area contributed by atoms with Crippen LogP contribution in [0.4, 0.5) is 10.2 Å². The van der Waals surface area contributed by atoms with Gasteiger partial charge >= 0.3 is 0 Å². The van der Waals surface area contributed by atoms with E-state index in [0.29, 0.717) is 29.8 Å². The van der Waals surface area contributed by atoms with Crippen molar-refractivity contribution in [3.8, 4) is 0 Å². The number of hydrogen-bond donors (Lipinski definition) is 2. The molecule has 0 saturated heterocycles. The normalized spacial score (nSPS) is 15.3. The number of carbonyl (C=O) groups excluding carboxylic acids is 2. The lowest BCUT2D eigenvalue weighted by molar-refractivity contribution is -0.155. The fourth-order valence-corrected chi connectivity index (χ4v) is 3.62. The van der Waals surface area contributed by atoms with Gasteiger partial charge in [0.1, 0.15) is 11.5 Å². The maximum atomic E-state index is 14.7. The SMILES string of the molecule is CCN(C)c1nc(C)nc(CNC(=O)[C@H](CC2CCCC2)CN(O)C=O)c1F. The summed E-state index contributed by atoms with van der Waals surface area (Å²) in [6, 6.07) is 0. The number of hydrogen-bond acceptors (Lipinski definition) is 6. The Balaban J connectivity index is 2.08. The Morgan fingerprint density at radius 3 is 2.68 bits per heavy atom. The molecule has 1 saturated carbocycles. The van der Waals surface area contributed by atoms with Crippen molar-refractivity contribution in [3.05, 3.63) is 17.3 Å². The highest BCUT2D eigenvalue weighted by atomic mass is 19.1. The molecule has 2 rings (SSSR count). The lowest BCUT2D eigenvalue weighted by Gasteiger charge is -2.22. The second-order valence-electron chi connectivity index (χ2n) is 7.40. The molecule has 1 aromatic heterocycles. The molecule has 9 heteroatoms. The lowest BCUT2D eigenvalue weighted by Crippen LogP contribution is -2.38. The van der Waals surface area contributed by atoms with Crippen LogP contribution in [-0.2, 0) is 16.1 Å². The highest BCUT2D eigenvalue weighted by Crippen LogP contribution is 2.30. The molecule has 156 valence electrons. The Labute approximate surface area is 165 Å². The van der Waals surface area contributed by atoms with Gasteiger partial charge in [-0.15, -0.1) is 0 Å². The fraction of sp³-hybridized carbons (Fsp3) is 0.684. The predicted octanol–water partition coefficient (Wildman–Crippen LogP) is 2.04. The van der Waals surface area contributed by atoms with Crippen LogP contribution in [0.15, 0.2) is 0 Å². The van der Waals surface area contributed by atoms with Crippen molar-refractivity contribution in [2.45, 2.75) is 52.5 Å². The molecule has 8 nitrogen and oxygen atoms in total. The van der Waals surface area contributed by atoms with Crippen LogP contribution in [0.1, 0.15) is 50.5 Å². The van der Waals surface area contributed by atoms with Crippen LogP contribution in [-0.4, -0.2) is 52.7 Å². The number of nitrogens with zero attached hydrogens (tertiary/aromatic N) is 4. The Morgan fingerprint density at radius 2 is 2.07 bits per heavy atom. The van der Waals surface area contributed by atoms with Crippen molar-refractivity contribution in [3.63, 3.8) is 0 Å². The van der Waals surface area contributed by atoms with Crippen molar-refractivity contribution >= 4 is 18.1 Å². The van der Waals surface area contributed by atoms with E-state index in [4.69, 9.17) is 0 Å². The van der Waals surface area contributed by atoms with E-state index in [1.54, 1.807) is 18.9 Å². The molecule has 28 heavy (non-hydrogen) atoms.